The second-order valence-electron chi connectivity index (χ2n) is 6.29. The van der Waals surface area contributed by atoms with E-state index < -0.39 is 5.97 Å². The Morgan fingerprint density at radius 1 is 1.40 bits per heavy atom. The molecule has 0 unspecified atom stereocenters. The van der Waals surface area contributed by atoms with Gasteiger partial charge in [-0.15, -0.1) is 0 Å². The molecule has 1 rings (SSSR count). The van der Waals surface area contributed by atoms with Crippen LogP contribution < -0.4 is 5.32 Å². The Morgan fingerprint density at radius 3 is 2.65 bits per heavy atom. The van der Waals surface area contributed by atoms with Crippen molar-refractivity contribution in [3.8, 4) is 0 Å². The van der Waals surface area contributed by atoms with Crippen molar-refractivity contribution in [2.45, 2.75) is 46.5 Å². The van der Waals surface area contributed by atoms with Crippen LogP contribution in [-0.4, -0.2) is 41.6 Å². The predicted octanol–water partition coefficient (Wildman–Crippen LogP) is 2.63. The molecule has 114 valence electrons. The van der Waals surface area contributed by atoms with Gasteiger partial charge >= 0.3 is 12.0 Å². The third-order valence-corrected chi connectivity index (χ3v) is 3.82. The van der Waals surface area contributed by atoms with E-state index >= 15 is 0 Å². The second-order valence-corrected chi connectivity index (χ2v) is 6.29. The van der Waals surface area contributed by atoms with Crippen LogP contribution in [-0.2, 0) is 4.79 Å². The van der Waals surface area contributed by atoms with E-state index in [1.165, 1.54) is 5.57 Å². The highest BCUT2D eigenvalue weighted by Gasteiger charge is 2.20. The van der Waals surface area contributed by atoms with Gasteiger partial charge in [-0.2, -0.15) is 0 Å². The van der Waals surface area contributed by atoms with Gasteiger partial charge < -0.3 is 15.3 Å². The number of carboxylic acids is 1. The first-order chi connectivity index (χ1) is 9.30. The van der Waals surface area contributed by atoms with Crippen LogP contribution in [0.2, 0.25) is 0 Å². The van der Waals surface area contributed by atoms with Crippen molar-refractivity contribution in [3.63, 3.8) is 0 Å². The zero-order valence-corrected chi connectivity index (χ0v) is 12.7. The fourth-order valence-electron chi connectivity index (χ4n) is 2.15. The van der Waals surface area contributed by atoms with Gasteiger partial charge in [-0.3, -0.25) is 4.79 Å². The number of nitrogens with zero attached hydrogens (tertiary/aromatic N) is 1. The van der Waals surface area contributed by atoms with Crippen LogP contribution in [0.15, 0.2) is 11.6 Å². The summed E-state index contributed by atoms with van der Waals surface area (Å²) in [5.74, 6) is -0.766. The lowest BCUT2D eigenvalue weighted by atomic mass is 9.84. The Morgan fingerprint density at radius 2 is 2.10 bits per heavy atom. The maximum Gasteiger partial charge on any atom is 0.317 e. The van der Waals surface area contributed by atoms with Crippen molar-refractivity contribution < 1.29 is 14.7 Å². The molecule has 5 nitrogen and oxygen atoms in total. The average molecular weight is 282 g/mol. The van der Waals surface area contributed by atoms with E-state index in [1.54, 1.807) is 4.90 Å². The number of carboxylic acid groups (broad SMARTS) is 1. The molecule has 2 N–H and O–H groups in total. The average Bonchev–Trinajstić information content (AvgIpc) is 2.37. The molecule has 0 saturated carbocycles. The number of hydrogen-bond donors (Lipinski definition) is 2. The summed E-state index contributed by atoms with van der Waals surface area (Å²) >= 11 is 0. The lowest BCUT2D eigenvalue weighted by Crippen LogP contribution is -2.43. The number of rotatable bonds is 6. The van der Waals surface area contributed by atoms with Crippen LogP contribution >= 0.6 is 0 Å². The summed E-state index contributed by atoms with van der Waals surface area (Å²) in [6.07, 6.45) is 4.62. The van der Waals surface area contributed by atoms with Crippen molar-refractivity contribution in [3.05, 3.63) is 11.6 Å². The molecule has 20 heavy (non-hydrogen) atoms. The maximum absolute atomic E-state index is 11.9. The number of aliphatic carboxylic acids is 1. The fourth-order valence-corrected chi connectivity index (χ4v) is 2.15. The van der Waals surface area contributed by atoms with Crippen molar-refractivity contribution in [2.75, 3.05) is 19.6 Å². The molecule has 0 aliphatic carbocycles. The largest absolute Gasteiger partial charge is 0.481 e. The van der Waals surface area contributed by atoms with E-state index in [4.69, 9.17) is 5.11 Å². The van der Waals surface area contributed by atoms with Crippen LogP contribution in [0.4, 0.5) is 4.79 Å². The summed E-state index contributed by atoms with van der Waals surface area (Å²) in [5, 5.41) is 11.6. The van der Waals surface area contributed by atoms with E-state index in [1.807, 2.05) is 13.8 Å². The Hall–Kier alpha value is -1.52. The molecule has 0 aromatic rings. The zero-order valence-electron chi connectivity index (χ0n) is 12.7. The summed E-state index contributed by atoms with van der Waals surface area (Å²) < 4.78 is 0. The SMILES string of the molecule is CC1=CCN(C(=O)NCCC(C)(C)CCC(=O)O)CC1. The number of nitrogens with one attached hydrogen (secondary N) is 1. The second kappa shape index (κ2) is 7.31. The Bertz CT molecular complexity index is 389. The first-order valence-corrected chi connectivity index (χ1v) is 7.20. The van der Waals surface area contributed by atoms with Crippen molar-refractivity contribution >= 4 is 12.0 Å². The molecule has 0 fully saturated rings. The molecule has 1 heterocycles. The van der Waals surface area contributed by atoms with E-state index in [-0.39, 0.29) is 17.9 Å². The Labute approximate surface area is 121 Å². The van der Waals surface area contributed by atoms with Gasteiger partial charge in [0.15, 0.2) is 0 Å². The standard InChI is InChI=1S/C15H26N2O3/c1-12-5-10-17(11-6-12)14(20)16-9-8-15(2,3)7-4-13(18)19/h5H,4,6-11H2,1-3H3,(H,16,20)(H,18,19). The smallest absolute Gasteiger partial charge is 0.317 e. The molecular formula is C15H26N2O3. The van der Waals surface area contributed by atoms with Gasteiger partial charge in [0, 0.05) is 26.1 Å². The third kappa shape index (κ3) is 6.08. The van der Waals surface area contributed by atoms with Gasteiger partial charge in [0.1, 0.15) is 0 Å². The molecule has 0 aromatic heterocycles. The number of carbonyl (C=O) groups is 2. The fraction of sp³-hybridized carbons (Fsp3) is 0.733. The Balaban J connectivity index is 2.26. The third-order valence-electron chi connectivity index (χ3n) is 3.82. The first-order valence-electron chi connectivity index (χ1n) is 7.20. The molecule has 1 aliphatic heterocycles. The first kappa shape index (κ1) is 16.5. The topological polar surface area (TPSA) is 69.6 Å². The summed E-state index contributed by atoms with van der Waals surface area (Å²) in [7, 11) is 0. The highest BCUT2D eigenvalue weighted by atomic mass is 16.4. The molecule has 2 amide bonds. The van der Waals surface area contributed by atoms with E-state index in [0.717, 1.165) is 19.4 Å². The molecule has 0 atom stereocenters. The number of carbonyl (C=O) groups excluding carboxylic acids is 1. The van der Waals surface area contributed by atoms with Gasteiger partial charge in [0.25, 0.3) is 0 Å². The van der Waals surface area contributed by atoms with Crippen LogP contribution in [0.25, 0.3) is 0 Å². The quantitative estimate of drug-likeness (QED) is 0.736. The lowest BCUT2D eigenvalue weighted by Gasteiger charge is -2.27. The van der Waals surface area contributed by atoms with Crippen molar-refractivity contribution in [2.24, 2.45) is 5.41 Å². The Kier molecular flexibility index (Phi) is 6.05. The predicted molar refractivity (Wildman–Crippen MR) is 78.6 cm³/mol. The van der Waals surface area contributed by atoms with Gasteiger partial charge in [0.2, 0.25) is 0 Å². The number of amides is 2. The molecule has 0 aromatic carbocycles. The minimum Gasteiger partial charge on any atom is -0.481 e. The monoisotopic (exact) mass is 282 g/mol. The molecule has 1 aliphatic rings. The van der Waals surface area contributed by atoms with E-state index in [9.17, 15) is 9.59 Å². The zero-order chi connectivity index (χ0) is 15.2. The normalized spacial score (nSPS) is 15.8. The molecule has 0 saturated heterocycles. The van der Waals surface area contributed by atoms with Crippen molar-refractivity contribution in [1.82, 2.24) is 10.2 Å². The summed E-state index contributed by atoms with van der Waals surface area (Å²) in [4.78, 5) is 24.3. The van der Waals surface area contributed by atoms with E-state index in [0.29, 0.717) is 19.5 Å². The number of hydrogen-bond acceptors (Lipinski definition) is 2. The highest BCUT2D eigenvalue weighted by molar-refractivity contribution is 5.74. The van der Waals surface area contributed by atoms with Crippen molar-refractivity contribution in [1.29, 1.82) is 0 Å². The van der Waals surface area contributed by atoms with Crippen LogP contribution in [0, 0.1) is 5.41 Å². The van der Waals surface area contributed by atoms with E-state index in [2.05, 4.69) is 18.3 Å². The van der Waals surface area contributed by atoms with Gasteiger partial charge in [-0.25, -0.2) is 4.79 Å². The minimum absolute atomic E-state index is 0.0252. The van der Waals surface area contributed by atoms with Gasteiger partial charge in [-0.1, -0.05) is 25.5 Å². The summed E-state index contributed by atoms with van der Waals surface area (Å²) in [5.41, 5.74) is 1.27. The maximum atomic E-state index is 11.9. The summed E-state index contributed by atoms with van der Waals surface area (Å²) in [6, 6.07) is -0.0252. The van der Waals surface area contributed by atoms with Gasteiger partial charge in [-0.05, 0) is 31.6 Å². The van der Waals surface area contributed by atoms with Crippen LogP contribution in [0.1, 0.15) is 46.5 Å². The minimum atomic E-state index is -0.766. The molecular weight excluding hydrogens is 256 g/mol. The van der Waals surface area contributed by atoms with Crippen LogP contribution in [0.3, 0.4) is 0 Å². The molecule has 5 heteroatoms. The molecule has 0 spiro atoms. The summed E-state index contributed by atoms with van der Waals surface area (Å²) in [6.45, 7) is 8.20. The molecule has 0 bridgehead atoms. The lowest BCUT2D eigenvalue weighted by molar-refractivity contribution is -0.137. The number of urea groups is 1. The highest BCUT2D eigenvalue weighted by Crippen LogP contribution is 2.26. The van der Waals surface area contributed by atoms with Gasteiger partial charge in [0.05, 0.1) is 0 Å². The molecule has 0 radical (unpaired) electrons. The van der Waals surface area contributed by atoms with Crippen LogP contribution in [0.5, 0.6) is 0 Å².